The summed E-state index contributed by atoms with van der Waals surface area (Å²) >= 11 is 8.97. The predicted octanol–water partition coefficient (Wildman–Crippen LogP) is 1.54. The Morgan fingerprint density at radius 3 is 2.91 bits per heavy atom. The van der Waals surface area contributed by atoms with E-state index < -0.39 is 0 Å². The predicted molar refractivity (Wildman–Crippen MR) is 43.5 cm³/mol. The number of nitrogens with zero attached hydrogens (tertiary/aromatic N) is 4. The van der Waals surface area contributed by atoms with Gasteiger partial charge in [-0.25, -0.2) is 0 Å². The molecule has 4 nitrogen and oxygen atoms in total. The Hall–Kier alpha value is -0.680. The minimum absolute atomic E-state index is 0.328. The molecule has 6 heteroatoms. The summed E-state index contributed by atoms with van der Waals surface area (Å²) in [5.41, 5.74) is 0.629. The van der Waals surface area contributed by atoms with Crippen molar-refractivity contribution in [3.63, 3.8) is 0 Å². The SMILES string of the molecule is Clc1nnc2cncc(Br)n12. The molecule has 0 saturated carbocycles. The molecule has 2 rings (SSSR count). The molecule has 0 aliphatic carbocycles. The van der Waals surface area contributed by atoms with Crippen LogP contribution in [0.4, 0.5) is 0 Å². The summed E-state index contributed by atoms with van der Waals surface area (Å²) in [5, 5.41) is 7.76. The number of halogens is 2. The Bertz CT molecular complexity index is 398. The maximum Gasteiger partial charge on any atom is 0.230 e. The van der Waals surface area contributed by atoms with Crippen molar-refractivity contribution >= 4 is 33.2 Å². The number of aromatic nitrogens is 4. The fourth-order valence-corrected chi connectivity index (χ4v) is 1.57. The molecule has 0 N–H and O–H groups in total. The van der Waals surface area contributed by atoms with E-state index in [0.29, 0.717) is 10.9 Å². The zero-order chi connectivity index (χ0) is 7.84. The van der Waals surface area contributed by atoms with Crippen LogP contribution in [0, 0.1) is 0 Å². The highest BCUT2D eigenvalue weighted by Crippen LogP contribution is 2.14. The van der Waals surface area contributed by atoms with Crippen molar-refractivity contribution in [2.24, 2.45) is 0 Å². The van der Waals surface area contributed by atoms with Gasteiger partial charge in [-0.1, -0.05) is 0 Å². The van der Waals surface area contributed by atoms with Crippen LogP contribution in [-0.4, -0.2) is 19.6 Å². The first-order valence-electron chi connectivity index (χ1n) is 2.79. The second-order valence-corrected chi connectivity index (χ2v) is 3.04. The maximum absolute atomic E-state index is 5.71. The highest BCUT2D eigenvalue weighted by molar-refractivity contribution is 9.10. The molecule has 11 heavy (non-hydrogen) atoms. The van der Waals surface area contributed by atoms with Crippen LogP contribution >= 0.6 is 27.5 Å². The summed E-state index contributed by atoms with van der Waals surface area (Å²) < 4.78 is 2.39. The summed E-state index contributed by atoms with van der Waals surface area (Å²) in [5.74, 6) is 0. The maximum atomic E-state index is 5.71. The first kappa shape index (κ1) is 7.00. The first-order valence-corrected chi connectivity index (χ1v) is 3.96. The second kappa shape index (κ2) is 2.42. The number of hydrogen-bond acceptors (Lipinski definition) is 3. The number of hydrogen-bond donors (Lipinski definition) is 0. The van der Waals surface area contributed by atoms with Crippen LogP contribution in [0.15, 0.2) is 17.0 Å². The molecular weight excluding hydrogens is 231 g/mol. The van der Waals surface area contributed by atoms with Gasteiger partial charge < -0.3 is 0 Å². The normalized spacial score (nSPS) is 10.7. The van der Waals surface area contributed by atoms with Crippen LogP contribution in [0.5, 0.6) is 0 Å². The van der Waals surface area contributed by atoms with E-state index >= 15 is 0 Å². The van der Waals surface area contributed by atoms with Crippen LogP contribution in [0.3, 0.4) is 0 Å². The van der Waals surface area contributed by atoms with Gasteiger partial charge in [0.1, 0.15) is 4.60 Å². The minimum Gasteiger partial charge on any atom is -0.258 e. The molecule has 0 unspecified atom stereocenters. The highest BCUT2D eigenvalue weighted by atomic mass is 79.9. The van der Waals surface area contributed by atoms with Crippen molar-refractivity contribution in [2.75, 3.05) is 0 Å². The largest absolute Gasteiger partial charge is 0.258 e. The van der Waals surface area contributed by atoms with Crippen molar-refractivity contribution in [3.8, 4) is 0 Å². The standard InChI is InChI=1S/C5H2BrClN4/c6-3-1-8-2-4-9-10-5(7)11(3)4/h1-2H. The molecule has 0 aromatic carbocycles. The lowest BCUT2D eigenvalue weighted by molar-refractivity contribution is 1.08. The third kappa shape index (κ3) is 1.00. The van der Waals surface area contributed by atoms with Gasteiger partial charge in [-0.15, -0.1) is 10.2 Å². The summed E-state index contributed by atoms with van der Waals surface area (Å²) in [6.45, 7) is 0. The van der Waals surface area contributed by atoms with E-state index in [0.717, 1.165) is 4.60 Å². The lowest BCUT2D eigenvalue weighted by Gasteiger charge is -1.93. The van der Waals surface area contributed by atoms with Gasteiger partial charge in [0.25, 0.3) is 0 Å². The Morgan fingerprint density at radius 1 is 1.36 bits per heavy atom. The van der Waals surface area contributed by atoms with Crippen LogP contribution in [0.25, 0.3) is 5.65 Å². The average molecular weight is 233 g/mol. The first-order chi connectivity index (χ1) is 5.29. The second-order valence-electron chi connectivity index (χ2n) is 1.89. The fraction of sp³-hybridized carbons (Fsp3) is 0. The van der Waals surface area contributed by atoms with E-state index in [1.807, 2.05) is 0 Å². The highest BCUT2D eigenvalue weighted by Gasteiger charge is 2.04. The molecule has 0 fully saturated rings. The molecule has 2 aromatic heterocycles. The minimum atomic E-state index is 0.328. The van der Waals surface area contributed by atoms with E-state index in [1.165, 1.54) is 0 Å². The molecule has 2 aromatic rings. The average Bonchev–Trinajstić information content (AvgIpc) is 2.34. The molecule has 2 heterocycles. The summed E-state index contributed by atoms with van der Waals surface area (Å²) in [6.07, 6.45) is 3.21. The Balaban J connectivity index is 2.96. The Labute approximate surface area is 75.3 Å². The molecule has 0 bridgehead atoms. The molecule has 0 spiro atoms. The molecular formula is C5H2BrClN4. The molecule has 0 amide bonds. The van der Waals surface area contributed by atoms with Crippen molar-refractivity contribution in [3.05, 3.63) is 22.3 Å². The molecule has 0 radical (unpaired) electrons. The van der Waals surface area contributed by atoms with E-state index in [4.69, 9.17) is 11.6 Å². The van der Waals surface area contributed by atoms with Gasteiger partial charge in [-0.05, 0) is 27.5 Å². The molecule has 0 saturated heterocycles. The van der Waals surface area contributed by atoms with Gasteiger partial charge >= 0.3 is 0 Å². The Morgan fingerprint density at radius 2 is 2.18 bits per heavy atom. The van der Waals surface area contributed by atoms with E-state index in [2.05, 4.69) is 31.1 Å². The van der Waals surface area contributed by atoms with Gasteiger partial charge in [0.15, 0.2) is 5.65 Å². The van der Waals surface area contributed by atoms with Gasteiger partial charge in [0.2, 0.25) is 5.28 Å². The number of fused-ring (bicyclic) bond motifs is 1. The van der Waals surface area contributed by atoms with Crippen molar-refractivity contribution in [2.45, 2.75) is 0 Å². The third-order valence-electron chi connectivity index (χ3n) is 1.23. The van der Waals surface area contributed by atoms with Gasteiger partial charge in [0.05, 0.1) is 12.4 Å². The summed E-state index contributed by atoms with van der Waals surface area (Å²) in [7, 11) is 0. The van der Waals surface area contributed by atoms with Crippen molar-refractivity contribution in [1.29, 1.82) is 0 Å². The zero-order valence-corrected chi connectivity index (χ0v) is 7.54. The van der Waals surface area contributed by atoms with Crippen LogP contribution in [0.2, 0.25) is 5.28 Å². The van der Waals surface area contributed by atoms with Gasteiger partial charge in [0, 0.05) is 0 Å². The lowest BCUT2D eigenvalue weighted by atomic mass is 10.7. The molecule has 0 atom stereocenters. The monoisotopic (exact) mass is 232 g/mol. The number of rotatable bonds is 0. The van der Waals surface area contributed by atoms with Gasteiger partial charge in [-0.2, -0.15) is 0 Å². The van der Waals surface area contributed by atoms with Crippen molar-refractivity contribution < 1.29 is 0 Å². The summed E-state index contributed by atoms with van der Waals surface area (Å²) in [4.78, 5) is 3.90. The van der Waals surface area contributed by atoms with E-state index in [-0.39, 0.29) is 0 Å². The van der Waals surface area contributed by atoms with Crippen LogP contribution in [0.1, 0.15) is 0 Å². The molecule has 56 valence electrons. The van der Waals surface area contributed by atoms with Gasteiger partial charge in [-0.3, -0.25) is 9.38 Å². The molecule has 0 aliphatic rings. The smallest absolute Gasteiger partial charge is 0.230 e. The molecule has 0 aliphatic heterocycles. The third-order valence-corrected chi connectivity index (χ3v) is 2.04. The quantitative estimate of drug-likeness (QED) is 0.693. The lowest BCUT2D eigenvalue weighted by Crippen LogP contribution is -1.87. The van der Waals surface area contributed by atoms with E-state index in [1.54, 1.807) is 16.8 Å². The Kier molecular flexibility index (Phi) is 1.54. The van der Waals surface area contributed by atoms with Crippen LogP contribution < -0.4 is 0 Å². The fourth-order valence-electron chi connectivity index (χ4n) is 0.781. The van der Waals surface area contributed by atoms with Crippen LogP contribution in [-0.2, 0) is 0 Å². The van der Waals surface area contributed by atoms with E-state index in [9.17, 15) is 0 Å². The topological polar surface area (TPSA) is 43.1 Å². The zero-order valence-electron chi connectivity index (χ0n) is 5.20. The summed E-state index contributed by atoms with van der Waals surface area (Å²) in [6, 6.07) is 0. The van der Waals surface area contributed by atoms with Crippen molar-refractivity contribution in [1.82, 2.24) is 19.6 Å².